The third-order valence-corrected chi connectivity index (χ3v) is 2.93. The molecule has 3 atom stereocenters. The van der Waals surface area contributed by atoms with E-state index >= 15 is 0 Å². The van der Waals surface area contributed by atoms with Gasteiger partial charge in [0.05, 0.1) is 6.10 Å². The number of nitrogens with zero attached hydrogens (tertiary/aromatic N) is 1. The Labute approximate surface area is 100 Å². The normalized spacial score (nSPS) is 25.9. The summed E-state index contributed by atoms with van der Waals surface area (Å²) in [6, 6.07) is -0.838. The van der Waals surface area contributed by atoms with Crippen molar-refractivity contribution in [1.82, 2.24) is 4.90 Å². The van der Waals surface area contributed by atoms with Crippen LogP contribution in [0, 0.1) is 0 Å². The number of carboxylic acid groups (broad SMARTS) is 1. The molecule has 0 aromatic heterocycles. The predicted octanol–water partition coefficient (Wildman–Crippen LogP) is -0.450. The molecule has 0 saturated carbocycles. The van der Waals surface area contributed by atoms with Gasteiger partial charge in [0.2, 0.25) is 5.91 Å². The van der Waals surface area contributed by atoms with Crippen molar-refractivity contribution in [3.8, 4) is 0 Å². The summed E-state index contributed by atoms with van der Waals surface area (Å²) < 4.78 is 0. The molecule has 0 aromatic carbocycles. The van der Waals surface area contributed by atoms with E-state index in [-0.39, 0.29) is 31.3 Å². The second-order valence-corrected chi connectivity index (χ2v) is 4.66. The highest BCUT2D eigenvalue weighted by atomic mass is 16.4. The van der Waals surface area contributed by atoms with Crippen LogP contribution in [0.15, 0.2) is 0 Å². The molecule has 1 aliphatic rings. The van der Waals surface area contributed by atoms with E-state index in [1.807, 2.05) is 6.92 Å². The second-order valence-electron chi connectivity index (χ2n) is 4.66. The third-order valence-electron chi connectivity index (χ3n) is 2.93. The molecule has 1 unspecified atom stereocenters. The number of hydrogen-bond acceptors (Lipinski definition) is 4. The zero-order valence-electron chi connectivity index (χ0n) is 10.0. The van der Waals surface area contributed by atoms with Crippen molar-refractivity contribution in [2.45, 2.75) is 50.8 Å². The van der Waals surface area contributed by atoms with Gasteiger partial charge in [-0.05, 0) is 19.8 Å². The second kappa shape index (κ2) is 5.97. The number of rotatable bonds is 5. The summed E-state index contributed by atoms with van der Waals surface area (Å²) >= 11 is 0. The number of aliphatic hydroxyl groups is 1. The zero-order valence-corrected chi connectivity index (χ0v) is 10.0. The van der Waals surface area contributed by atoms with Crippen molar-refractivity contribution in [2.75, 3.05) is 6.54 Å². The Bertz CT molecular complexity index is 293. The van der Waals surface area contributed by atoms with Crippen LogP contribution >= 0.6 is 0 Å². The van der Waals surface area contributed by atoms with Crippen molar-refractivity contribution in [1.29, 1.82) is 0 Å². The summed E-state index contributed by atoms with van der Waals surface area (Å²) in [6.45, 7) is 1.98. The Hall–Kier alpha value is -1.14. The minimum atomic E-state index is -1.05. The van der Waals surface area contributed by atoms with Gasteiger partial charge in [-0.2, -0.15) is 0 Å². The van der Waals surface area contributed by atoms with E-state index in [0.29, 0.717) is 6.42 Å². The molecule has 4 N–H and O–H groups in total. The van der Waals surface area contributed by atoms with Crippen molar-refractivity contribution in [3.63, 3.8) is 0 Å². The molecule has 98 valence electrons. The highest BCUT2D eigenvalue weighted by Crippen LogP contribution is 2.19. The lowest BCUT2D eigenvalue weighted by Crippen LogP contribution is -2.40. The quantitative estimate of drug-likeness (QED) is 0.607. The summed E-state index contributed by atoms with van der Waals surface area (Å²) in [5, 5.41) is 18.3. The molecule has 1 rings (SSSR count). The number of hydrogen-bond donors (Lipinski definition) is 3. The van der Waals surface area contributed by atoms with E-state index in [1.165, 1.54) is 4.90 Å². The maximum absolute atomic E-state index is 11.8. The van der Waals surface area contributed by atoms with Gasteiger partial charge in [0.15, 0.2) is 0 Å². The summed E-state index contributed by atoms with van der Waals surface area (Å²) in [7, 11) is 0. The molecule has 1 saturated heterocycles. The number of β-amino-alcohol motifs (C(OH)–C–C–N with tert-alkyl or cyclic N) is 1. The van der Waals surface area contributed by atoms with Crippen molar-refractivity contribution >= 4 is 11.9 Å². The Morgan fingerprint density at radius 1 is 1.53 bits per heavy atom. The lowest BCUT2D eigenvalue weighted by Gasteiger charge is -2.21. The summed E-state index contributed by atoms with van der Waals surface area (Å²) in [4.78, 5) is 24.0. The first kappa shape index (κ1) is 13.9. The molecule has 1 fully saturated rings. The molecule has 0 aromatic rings. The van der Waals surface area contributed by atoms with Gasteiger partial charge in [0.25, 0.3) is 0 Å². The third kappa shape index (κ3) is 3.98. The molecule has 6 heteroatoms. The van der Waals surface area contributed by atoms with Crippen LogP contribution in [0.1, 0.15) is 32.6 Å². The number of carbonyl (C=O) groups excluding carboxylic acids is 1. The van der Waals surface area contributed by atoms with Crippen LogP contribution in [0.2, 0.25) is 0 Å². The SMILES string of the molecule is CC(N)CCCC(=O)N1C[C@H](O)C[C@H]1C(=O)O. The molecule has 0 spiro atoms. The summed E-state index contributed by atoms with van der Waals surface area (Å²) in [5.74, 6) is -1.27. The fourth-order valence-corrected chi connectivity index (χ4v) is 2.04. The maximum Gasteiger partial charge on any atom is 0.326 e. The van der Waals surface area contributed by atoms with Crippen LogP contribution in [0.4, 0.5) is 0 Å². The number of aliphatic carboxylic acids is 1. The molecule has 1 aliphatic heterocycles. The molecule has 0 radical (unpaired) electrons. The number of carboxylic acids is 1. The number of aliphatic hydroxyl groups excluding tert-OH is 1. The average molecular weight is 244 g/mol. The Kier molecular flexibility index (Phi) is 4.89. The number of carbonyl (C=O) groups is 2. The number of likely N-dealkylation sites (tertiary alicyclic amines) is 1. The van der Waals surface area contributed by atoms with Gasteiger partial charge in [0, 0.05) is 25.4 Å². The zero-order chi connectivity index (χ0) is 13.0. The van der Waals surface area contributed by atoms with Crippen LogP contribution in [0.5, 0.6) is 0 Å². The molecule has 0 bridgehead atoms. The molecule has 6 nitrogen and oxygen atoms in total. The summed E-state index contributed by atoms with van der Waals surface area (Å²) in [5.41, 5.74) is 5.57. The van der Waals surface area contributed by atoms with E-state index in [9.17, 15) is 14.7 Å². The van der Waals surface area contributed by atoms with Crippen molar-refractivity contribution < 1.29 is 19.8 Å². The lowest BCUT2D eigenvalue weighted by molar-refractivity contribution is -0.148. The monoisotopic (exact) mass is 244 g/mol. The van der Waals surface area contributed by atoms with E-state index in [2.05, 4.69) is 0 Å². The average Bonchev–Trinajstić information content (AvgIpc) is 2.59. The van der Waals surface area contributed by atoms with Crippen LogP contribution in [-0.2, 0) is 9.59 Å². The van der Waals surface area contributed by atoms with Gasteiger partial charge in [0.1, 0.15) is 6.04 Å². The van der Waals surface area contributed by atoms with E-state index in [1.54, 1.807) is 0 Å². The molecule has 1 heterocycles. The minimum absolute atomic E-state index is 0.0437. The van der Waals surface area contributed by atoms with Gasteiger partial charge >= 0.3 is 5.97 Å². The Morgan fingerprint density at radius 3 is 2.71 bits per heavy atom. The first-order chi connectivity index (χ1) is 7.91. The number of nitrogens with two attached hydrogens (primary N) is 1. The Morgan fingerprint density at radius 2 is 2.18 bits per heavy atom. The topological polar surface area (TPSA) is 104 Å². The molecular formula is C11H20N2O4. The maximum atomic E-state index is 11.8. The molecule has 17 heavy (non-hydrogen) atoms. The van der Waals surface area contributed by atoms with Gasteiger partial charge in [-0.1, -0.05) is 0 Å². The van der Waals surface area contributed by atoms with Gasteiger partial charge in [-0.15, -0.1) is 0 Å². The van der Waals surface area contributed by atoms with E-state index < -0.39 is 18.1 Å². The van der Waals surface area contributed by atoms with Crippen LogP contribution < -0.4 is 5.73 Å². The van der Waals surface area contributed by atoms with E-state index in [4.69, 9.17) is 10.8 Å². The van der Waals surface area contributed by atoms with Crippen LogP contribution in [0.25, 0.3) is 0 Å². The largest absolute Gasteiger partial charge is 0.480 e. The van der Waals surface area contributed by atoms with Gasteiger partial charge in [-0.3, -0.25) is 4.79 Å². The molecular weight excluding hydrogens is 224 g/mol. The minimum Gasteiger partial charge on any atom is -0.480 e. The van der Waals surface area contributed by atoms with E-state index in [0.717, 1.165) is 6.42 Å². The van der Waals surface area contributed by atoms with Gasteiger partial charge in [-0.25, -0.2) is 4.79 Å². The highest BCUT2D eigenvalue weighted by molar-refractivity contribution is 5.84. The van der Waals surface area contributed by atoms with Gasteiger partial charge < -0.3 is 20.8 Å². The standard InChI is InChI=1S/C11H20N2O4/c1-7(12)3-2-4-10(15)13-6-8(14)5-9(13)11(16)17/h7-9,14H,2-6,12H2,1H3,(H,16,17)/t7?,8-,9+/m1/s1. The smallest absolute Gasteiger partial charge is 0.326 e. The Balaban J connectivity index is 2.47. The fourth-order valence-electron chi connectivity index (χ4n) is 2.04. The lowest BCUT2D eigenvalue weighted by atomic mass is 10.1. The first-order valence-electron chi connectivity index (χ1n) is 5.87. The molecule has 0 aliphatic carbocycles. The van der Waals surface area contributed by atoms with Crippen LogP contribution in [-0.4, -0.2) is 51.7 Å². The first-order valence-corrected chi connectivity index (χ1v) is 5.87. The van der Waals surface area contributed by atoms with Crippen LogP contribution in [0.3, 0.4) is 0 Å². The van der Waals surface area contributed by atoms with Crippen molar-refractivity contribution in [2.24, 2.45) is 5.73 Å². The molecule has 1 amide bonds. The fraction of sp³-hybridized carbons (Fsp3) is 0.818. The van der Waals surface area contributed by atoms with Crippen molar-refractivity contribution in [3.05, 3.63) is 0 Å². The highest BCUT2D eigenvalue weighted by Gasteiger charge is 2.38. The number of amides is 1. The summed E-state index contributed by atoms with van der Waals surface area (Å²) in [6.07, 6.45) is 1.07. The predicted molar refractivity (Wildman–Crippen MR) is 61.3 cm³/mol.